The van der Waals surface area contributed by atoms with Gasteiger partial charge in [-0.05, 0) is 37.9 Å². The van der Waals surface area contributed by atoms with Crippen molar-refractivity contribution in [2.75, 3.05) is 13.1 Å². The molecule has 9 heteroatoms. The number of carbonyl (C=O) groups is 1. The molecule has 6 nitrogen and oxygen atoms in total. The SMILES string of the molecule is O=C(O)c1cn(C2CN(Cc3cc(Br)c(Br)s3)C2)nn1. The molecule has 106 valence electrons. The Morgan fingerprint density at radius 1 is 1.50 bits per heavy atom. The highest BCUT2D eigenvalue weighted by Crippen LogP contribution is 2.34. The van der Waals surface area contributed by atoms with Crippen LogP contribution in [-0.2, 0) is 6.54 Å². The second-order valence-electron chi connectivity index (χ2n) is 4.57. The molecule has 0 aromatic carbocycles. The van der Waals surface area contributed by atoms with E-state index in [4.69, 9.17) is 5.11 Å². The molecule has 1 aliphatic heterocycles. The monoisotopic (exact) mass is 420 g/mol. The molecule has 0 bridgehead atoms. The summed E-state index contributed by atoms with van der Waals surface area (Å²) >= 11 is 8.68. The second kappa shape index (κ2) is 5.55. The Hall–Kier alpha value is -0.770. The van der Waals surface area contributed by atoms with Crippen molar-refractivity contribution >= 4 is 49.2 Å². The van der Waals surface area contributed by atoms with Gasteiger partial charge in [0.25, 0.3) is 0 Å². The summed E-state index contributed by atoms with van der Waals surface area (Å²) in [6, 6.07) is 2.32. The van der Waals surface area contributed by atoms with Gasteiger partial charge in [0.05, 0.1) is 16.0 Å². The summed E-state index contributed by atoms with van der Waals surface area (Å²) in [5.74, 6) is -1.04. The topological polar surface area (TPSA) is 71.2 Å². The Balaban J connectivity index is 1.56. The molecule has 1 N–H and O–H groups in total. The van der Waals surface area contributed by atoms with Gasteiger partial charge in [-0.15, -0.1) is 16.4 Å². The van der Waals surface area contributed by atoms with Crippen LogP contribution in [0.5, 0.6) is 0 Å². The number of carboxylic acids is 1. The number of hydrogen-bond acceptors (Lipinski definition) is 5. The lowest BCUT2D eigenvalue weighted by molar-refractivity contribution is 0.0690. The first-order valence-electron chi connectivity index (χ1n) is 5.84. The average molecular weight is 422 g/mol. The number of rotatable bonds is 4. The third-order valence-electron chi connectivity index (χ3n) is 3.12. The summed E-state index contributed by atoms with van der Waals surface area (Å²) in [4.78, 5) is 14.3. The molecule has 2 aromatic rings. The number of aromatic nitrogens is 3. The van der Waals surface area contributed by atoms with Gasteiger partial charge in [-0.1, -0.05) is 5.21 Å². The maximum Gasteiger partial charge on any atom is 0.358 e. The number of aromatic carboxylic acids is 1. The van der Waals surface area contributed by atoms with Gasteiger partial charge in [0, 0.05) is 29.0 Å². The molecule has 0 saturated carbocycles. The molecule has 0 atom stereocenters. The van der Waals surface area contributed by atoms with E-state index in [-0.39, 0.29) is 11.7 Å². The normalized spacial score (nSPS) is 16.3. The third kappa shape index (κ3) is 2.80. The van der Waals surface area contributed by atoms with Gasteiger partial charge in [-0.25, -0.2) is 9.48 Å². The standard InChI is InChI=1S/C11H10Br2N4O2S/c12-8-1-7(20-10(8)13)4-16-2-6(3-16)17-5-9(11(18)19)14-15-17/h1,5-6H,2-4H2,(H,18,19). The van der Waals surface area contributed by atoms with E-state index in [2.05, 4.69) is 53.1 Å². The Morgan fingerprint density at radius 3 is 2.80 bits per heavy atom. The highest BCUT2D eigenvalue weighted by Gasteiger charge is 2.30. The molecule has 20 heavy (non-hydrogen) atoms. The van der Waals surface area contributed by atoms with Gasteiger partial charge in [-0.3, -0.25) is 4.90 Å². The van der Waals surface area contributed by atoms with Gasteiger partial charge in [-0.2, -0.15) is 0 Å². The summed E-state index contributed by atoms with van der Waals surface area (Å²) in [5.41, 5.74) is -0.00503. The summed E-state index contributed by atoms with van der Waals surface area (Å²) in [5, 5.41) is 16.3. The first-order valence-corrected chi connectivity index (χ1v) is 8.24. The minimum absolute atomic E-state index is 0.00503. The van der Waals surface area contributed by atoms with Crippen molar-refractivity contribution in [2.45, 2.75) is 12.6 Å². The second-order valence-corrected chi connectivity index (χ2v) is 7.88. The zero-order valence-electron chi connectivity index (χ0n) is 10.2. The van der Waals surface area contributed by atoms with Crippen molar-refractivity contribution < 1.29 is 9.90 Å². The fourth-order valence-electron chi connectivity index (χ4n) is 2.08. The third-order valence-corrected chi connectivity index (χ3v) is 6.36. The number of halogens is 2. The maximum absolute atomic E-state index is 10.7. The molecular formula is C11H10Br2N4O2S. The van der Waals surface area contributed by atoms with Crippen molar-refractivity contribution in [3.05, 3.63) is 31.1 Å². The van der Waals surface area contributed by atoms with Crippen molar-refractivity contribution in [3.63, 3.8) is 0 Å². The molecule has 2 aromatic heterocycles. The molecule has 0 spiro atoms. The molecule has 0 unspecified atom stereocenters. The van der Waals surface area contributed by atoms with Crippen LogP contribution in [0.25, 0.3) is 0 Å². The fraction of sp³-hybridized carbons (Fsp3) is 0.364. The number of carboxylic acid groups (broad SMARTS) is 1. The van der Waals surface area contributed by atoms with Crippen LogP contribution in [-0.4, -0.2) is 44.1 Å². The van der Waals surface area contributed by atoms with Crippen LogP contribution in [0.4, 0.5) is 0 Å². The van der Waals surface area contributed by atoms with Gasteiger partial charge in [0.2, 0.25) is 0 Å². The zero-order valence-corrected chi connectivity index (χ0v) is 14.2. The smallest absolute Gasteiger partial charge is 0.358 e. The molecule has 1 fully saturated rings. The van der Waals surface area contributed by atoms with Crippen LogP contribution in [0, 0.1) is 0 Å². The van der Waals surface area contributed by atoms with E-state index in [0.29, 0.717) is 0 Å². The lowest BCUT2D eigenvalue weighted by Crippen LogP contribution is -2.47. The Morgan fingerprint density at radius 2 is 2.25 bits per heavy atom. The van der Waals surface area contributed by atoms with E-state index in [1.54, 1.807) is 16.0 Å². The number of thiophene rings is 1. The molecule has 0 radical (unpaired) electrons. The first kappa shape index (κ1) is 14.2. The molecule has 1 saturated heterocycles. The van der Waals surface area contributed by atoms with E-state index in [1.807, 2.05) is 0 Å². The van der Waals surface area contributed by atoms with Gasteiger partial charge in [0.15, 0.2) is 5.69 Å². The first-order chi connectivity index (χ1) is 9.52. The number of likely N-dealkylation sites (tertiary alicyclic amines) is 1. The molecule has 3 rings (SSSR count). The highest BCUT2D eigenvalue weighted by molar-refractivity contribution is 9.13. The minimum atomic E-state index is -1.04. The quantitative estimate of drug-likeness (QED) is 0.821. The van der Waals surface area contributed by atoms with Crippen LogP contribution in [0.1, 0.15) is 21.4 Å². The van der Waals surface area contributed by atoms with Crippen LogP contribution in [0.3, 0.4) is 0 Å². The highest BCUT2D eigenvalue weighted by atomic mass is 79.9. The summed E-state index contributed by atoms with van der Waals surface area (Å²) in [7, 11) is 0. The van der Waals surface area contributed by atoms with Crippen molar-refractivity contribution in [2.24, 2.45) is 0 Å². The van der Waals surface area contributed by atoms with Crippen molar-refractivity contribution in [3.8, 4) is 0 Å². The van der Waals surface area contributed by atoms with Gasteiger partial charge in [0.1, 0.15) is 0 Å². The fourth-order valence-corrected chi connectivity index (χ4v) is 4.30. The lowest BCUT2D eigenvalue weighted by Gasteiger charge is -2.38. The average Bonchev–Trinajstić information content (AvgIpc) is 2.92. The van der Waals surface area contributed by atoms with E-state index in [0.717, 1.165) is 27.9 Å². The van der Waals surface area contributed by atoms with E-state index in [9.17, 15) is 4.79 Å². The molecule has 3 heterocycles. The zero-order chi connectivity index (χ0) is 14.3. The predicted molar refractivity (Wildman–Crippen MR) is 81.0 cm³/mol. The van der Waals surface area contributed by atoms with E-state index >= 15 is 0 Å². The van der Waals surface area contributed by atoms with E-state index in [1.165, 1.54) is 11.1 Å². The lowest BCUT2D eigenvalue weighted by atomic mass is 10.1. The molecule has 0 amide bonds. The minimum Gasteiger partial charge on any atom is -0.476 e. The molecule has 1 aliphatic rings. The van der Waals surface area contributed by atoms with Crippen LogP contribution in [0.2, 0.25) is 0 Å². The summed E-state index contributed by atoms with van der Waals surface area (Å²) in [6.45, 7) is 2.61. The summed E-state index contributed by atoms with van der Waals surface area (Å²) < 4.78 is 3.82. The van der Waals surface area contributed by atoms with Crippen LogP contribution >= 0.6 is 43.2 Å². The van der Waals surface area contributed by atoms with Crippen LogP contribution in [0.15, 0.2) is 20.5 Å². The number of hydrogen-bond donors (Lipinski definition) is 1. The van der Waals surface area contributed by atoms with Gasteiger partial charge < -0.3 is 5.11 Å². The molecular weight excluding hydrogens is 412 g/mol. The Labute approximate surface area is 135 Å². The number of nitrogens with zero attached hydrogens (tertiary/aromatic N) is 4. The Bertz CT molecular complexity index is 631. The van der Waals surface area contributed by atoms with Crippen LogP contribution < -0.4 is 0 Å². The maximum atomic E-state index is 10.7. The Kier molecular flexibility index (Phi) is 3.93. The molecule has 0 aliphatic carbocycles. The van der Waals surface area contributed by atoms with Crippen molar-refractivity contribution in [1.82, 2.24) is 19.9 Å². The van der Waals surface area contributed by atoms with Gasteiger partial charge >= 0.3 is 5.97 Å². The summed E-state index contributed by atoms with van der Waals surface area (Å²) in [6.07, 6.45) is 1.49. The largest absolute Gasteiger partial charge is 0.476 e. The van der Waals surface area contributed by atoms with E-state index < -0.39 is 5.97 Å². The van der Waals surface area contributed by atoms with Crippen molar-refractivity contribution in [1.29, 1.82) is 0 Å². The predicted octanol–water partition coefficient (Wildman–Crippen LogP) is 2.62.